The van der Waals surface area contributed by atoms with E-state index in [0.717, 1.165) is 29.6 Å². The SMILES string of the molecule is C=CC1CCC(C2CCC(c3ccc4cc(CC/C=C/C)c(F)c(F)c4c3)CC2)CC1. The van der Waals surface area contributed by atoms with E-state index in [-0.39, 0.29) is 0 Å². The van der Waals surface area contributed by atoms with Crippen molar-refractivity contribution in [3.05, 3.63) is 71.8 Å². The van der Waals surface area contributed by atoms with Gasteiger partial charge in [-0.3, -0.25) is 0 Å². The number of hydrogen-bond acceptors (Lipinski definition) is 0. The van der Waals surface area contributed by atoms with Crippen LogP contribution in [-0.4, -0.2) is 0 Å². The van der Waals surface area contributed by atoms with E-state index in [9.17, 15) is 8.78 Å². The van der Waals surface area contributed by atoms with Gasteiger partial charge in [0.1, 0.15) is 0 Å². The lowest BCUT2D eigenvalue weighted by Crippen LogP contribution is -2.25. The molecule has 0 amide bonds. The number of rotatable bonds is 6. The summed E-state index contributed by atoms with van der Waals surface area (Å²) >= 11 is 0. The number of benzene rings is 2. The lowest BCUT2D eigenvalue weighted by Gasteiger charge is -2.37. The molecule has 2 aromatic carbocycles. The highest BCUT2D eigenvalue weighted by Crippen LogP contribution is 2.44. The van der Waals surface area contributed by atoms with E-state index in [1.165, 1.54) is 56.9 Å². The first-order valence-electron chi connectivity index (χ1n) is 12.2. The van der Waals surface area contributed by atoms with E-state index in [4.69, 9.17) is 0 Å². The van der Waals surface area contributed by atoms with Crippen molar-refractivity contribution in [1.82, 2.24) is 0 Å². The predicted octanol–water partition coefficient (Wildman–Crippen LogP) is 8.89. The summed E-state index contributed by atoms with van der Waals surface area (Å²) in [6.45, 7) is 5.91. The predicted molar refractivity (Wildman–Crippen MR) is 127 cm³/mol. The molecule has 2 aromatic rings. The Balaban J connectivity index is 1.44. The Kier molecular flexibility index (Phi) is 7.25. The Bertz CT molecular complexity index is 925. The maximum atomic E-state index is 14.9. The van der Waals surface area contributed by atoms with Crippen LogP contribution < -0.4 is 0 Å². The smallest absolute Gasteiger partial charge is 0.166 e. The maximum Gasteiger partial charge on any atom is 0.166 e. The maximum absolute atomic E-state index is 14.9. The average molecular weight is 423 g/mol. The number of aryl methyl sites for hydroxylation is 1. The second-order valence-corrected chi connectivity index (χ2v) is 9.77. The van der Waals surface area contributed by atoms with Crippen LogP contribution in [-0.2, 0) is 6.42 Å². The van der Waals surface area contributed by atoms with E-state index >= 15 is 0 Å². The van der Waals surface area contributed by atoms with E-state index in [0.29, 0.717) is 23.3 Å². The van der Waals surface area contributed by atoms with Gasteiger partial charge in [-0.25, -0.2) is 8.78 Å². The standard InChI is InChI=1S/C29H36F2/c1-3-5-6-7-26-18-25-17-16-24(19-27(25)29(31)28(26)30)23-14-12-22(13-15-23)21-10-8-20(4-2)9-11-21/h3-5,16-23H,2,6-15H2,1H3/b5-3+. The number of halogens is 2. The molecule has 2 heteroatoms. The van der Waals surface area contributed by atoms with Gasteiger partial charge < -0.3 is 0 Å². The highest BCUT2D eigenvalue weighted by Gasteiger charge is 2.31. The van der Waals surface area contributed by atoms with Crippen molar-refractivity contribution in [1.29, 1.82) is 0 Å². The van der Waals surface area contributed by atoms with Gasteiger partial charge in [0, 0.05) is 5.39 Å². The molecule has 2 aliphatic rings. The second kappa shape index (κ2) is 10.1. The molecule has 0 spiro atoms. The molecular weight excluding hydrogens is 386 g/mol. The van der Waals surface area contributed by atoms with Gasteiger partial charge in [0.2, 0.25) is 0 Å². The third-order valence-electron chi connectivity index (χ3n) is 7.99. The molecular formula is C29H36F2. The Labute approximate surface area is 186 Å². The number of fused-ring (bicyclic) bond motifs is 1. The zero-order valence-electron chi connectivity index (χ0n) is 18.9. The molecule has 0 saturated heterocycles. The lowest BCUT2D eigenvalue weighted by molar-refractivity contribution is 0.171. The van der Waals surface area contributed by atoms with E-state index in [1.54, 1.807) is 0 Å². The summed E-state index contributed by atoms with van der Waals surface area (Å²) in [6.07, 6.45) is 17.5. The number of allylic oxidation sites excluding steroid dienone is 3. The second-order valence-electron chi connectivity index (χ2n) is 9.77. The molecule has 0 radical (unpaired) electrons. The number of hydrogen-bond donors (Lipinski definition) is 0. The van der Waals surface area contributed by atoms with Crippen molar-refractivity contribution in [3.63, 3.8) is 0 Å². The van der Waals surface area contributed by atoms with E-state index < -0.39 is 11.6 Å². The average Bonchev–Trinajstić information content (AvgIpc) is 2.82. The van der Waals surface area contributed by atoms with E-state index in [2.05, 4.69) is 18.7 Å². The normalized spacial score (nSPS) is 27.1. The molecule has 2 aliphatic carbocycles. The van der Waals surface area contributed by atoms with Gasteiger partial charge in [0.05, 0.1) is 0 Å². The summed E-state index contributed by atoms with van der Waals surface area (Å²) < 4.78 is 29.5. The Morgan fingerprint density at radius 2 is 1.58 bits per heavy atom. The molecule has 0 aromatic heterocycles. The molecule has 0 nitrogen and oxygen atoms in total. The molecule has 0 atom stereocenters. The first kappa shape index (κ1) is 22.2. The quantitative estimate of drug-likeness (QED) is 0.408. The Morgan fingerprint density at radius 1 is 0.903 bits per heavy atom. The van der Waals surface area contributed by atoms with Crippen molar-refractivity contribution in [2.45, 2.75) is 77.0 Å². The van der Waals surface area contributed by atoms with Crippen molar-refractivity contribution in [2.24, 2.45) is 17.8 Å². The molecule has 31 heavy (non-hydrogen) atoms. The lowest BCUT2D eigenvalue weighted by atomic mass is 9.68. The van der Waals surface area contributed by atoms with Gasteiger partial charge in [0.15, 0.2) is 11.6 Å². The minimum atomic E-state index is -0.678. The minimum absolute atomic E-state index is 0.439. The van der Waals surface area contributed by atoms with Crippen molar-refractivity contribution < 1.29 is 8.78 Å². The molecule has 166 valence electrons. The van der Waals surface area contributed by atoms with Crippen molar-refractivity contribution in [3.8, 4) is 0 Å². The minimum Gasteiger partial charge on any atom is -0.203 e. The third-order valence-corrected chi connectivity index (χ3v) is 7.99. The summed E-state index contributed by atoms with van der Waals surface area (Å²) in [7, 11) is 0. The summed E-state index contributed by atoms with van der Waals surface area (Å²) in [4.78, 5) is 0. The fraction of sp³-hybridized carbons (Fsp3) is 0.517. The molecule has 0 unspecified atom stereocenters. The van der Waals surface area contributed by atoms with Crippen LogP contribution in [0.4, 0.5) is 8.78 Å². The Hall–Kier alpha value is -1.96. The molecule has 0 heterocycles. The van der Waals surface area contributed by atoms with Crippen LogP contribution in [0.15, 0.2) is 49.1 Å². The van der Waals surface area contributed by atoms with Crippen LogP contribution in [0.1, 0.15) is 81.8 Å². The van der Waals surface area contributed by atoms with Crippen LogP contribution >= 0.6 is 0 Å². The largest absolute Gasteiger partial charge is 0.203 e. The molecule has 2 saturated carbocycles. The highest BCUT2D eigenvalue weighted by molar-refractivity contribution is 5.85. The highest BCUT2D eigenvalue weighted by atomic mass is 19.2. The molecule has 0 N–H and O–H groups in total. The van der Waals surface area contributed by atoms with Gasteiger partial charge in [0.25, 0.3) is 0 Å². The van der Waals surface area contributed by atoms with Gasteiger partial charge in [-0.1, -0.05) is 30.4 Å². The summed E-state index contributed by atoms with van der Waals surface area (Å²) in [6, 6.07) is 7.89. The van der Waals surface area contributed by atoms with E-state index in [1.807, 2.05) is 37.3 Å². The van der Waals surface area contributed by atoms with Gasteiger partial charge in [-0.15, -0.1) is 6.58 Å². The van der Waals surface area contributed by atoms with Gasteiger partial charge in [-0.05, 0) is 123 Å². The van der Waals surface area contributed by atoms with Crippen LogP contribution in [0.3, 0.4) is 0 Å². The van der Waals surface area contributed by atoms with Crippen LogP contribution in [0.5, 0.6) is 0 Å². The molecule has 4 rings (SSSR count). The zero-order chi connectivity index (χ0) is 21.8. The Morgan fingerprint density at radius 3 is 2.23 bits per heavy atom. The summed E-state index contributed by atoms with van der Waals surface area (Å²) in [5.74, 6) is 1.57. The fourth-order valence-electron chi connectivity index (χ4n) is 6.02. The van der Waals surface area contributed by atoms with Gasteiger partial charge >= 0.3 is 0 Å². The topological polar surface area (TPSA) is 0 Å². The molecule has 2 fully saturated rings. The van der Waals surface area contributed by atoms with Crippen LogP contribution in [0, 0.1) is 29.4 Å². The third kappa shape index (κ3) is 4.94. The summed E-state index contributed by atoms with van der Waals surface area (Å²) in [5, 5.41) is 1.25. The zero-order valence-corrected chi connectivity index (χ0v) is 18.9. The van der Waals surface area contributed by atoms with Gasteiger partial charge in [-0.2, -0.15) is 0 Å². The fourth-order valence-corrected chi connectivity index (χ4v) is 6.02. The van der Waals surface area contributed by atoms with Crippen LogP contribution in [0.2, 0.25) is 0 Å². The first-order chi connectivity index (χ1) is 15.1. The van der Waals surface area contributed by atoms with Crippen molar-refractivity contribution >= 4 is 10.8 Å². The summed E-state index contributed by atoms with van der Waals surface area (Å²) in [5.41, 5.74) is 1.66. The molecule has 0 bridgehead atoms. The van der Waals surface area contributed by atoms with Crippen LogP contribution in [0.25, 0.3) is 10.8 Å². The first-order valence-corrected chi connectivity index (χ1v) is 12.2. The molecule has 0 aliphatic heterocycles. The van der Waals surface area contributed by atoms with Crippen molar-refractivity contribution in [2.75, 3.05) is 0 Å². The monoisotopic (exact) mass is 422 g/mol.